The topological polar surface area (TPSA) is 69.1 Å². The van der Waals surface area contributed by atoms with E-state index in [0.29, 0.717) is 0 Å². The molecule has 0 aliphatic carbocycles. The Kier molecular flexibility index (Phi) is 12.4. The van der Waals surface area contributed by atoms with E-state index in [9.17, 15) is 0 Å². The van der Waals surface area contributed by atoms with Crippen LogP contribution in [0.3, 0.4) is 0 Å². The fraction of sp³-hybridized carbons (Fsp3) is 0.333. The quantitative estimate of drug-likeness (QED) is 0.443. The molecular weight excluding hydrogens is 112 g/mol. The molecular formula is C3H8N2OS. The Morgan fingerprint density at radius 2 is 1.71 bits per heavy atom. The predicted octanol–water partition coefficient (Wildman–Crippen LogP) is 0.0298. The molecule has 0 aromatic heterocycles. The monoisotopic (exact) mass is 120 g/mol. The number of amides is 2. The van der Waals surface area contributed by atoms with Crippen molar-refractivity contribution in [1.29, 1.82) is 0 Å². The van der Waals surface area contributed by atoms with E-state index in [4.69, 9.17) is 4.79 Å². The summed E-state index contributed by atoms with van der Waals surface area (Å²) in [5.74, 6) is 0. The summed E-state index contributed by atoms with van der Waals surface area (Å²) in [5, 5.41) is 1.58. The van der Waals surface area contributed by atoms with Gasteiger partial charge in [-0.15, -0.1) is 0 Å². The van der Waals surface area contributed by atoms with Crippen LogP contribution in [0.4, 0.5) is 4.79 Å². The standard InChI is InChI=1S/C2H4S.CH4N2O/c1-2-3;2-1(3)4/h2H,1H3;(H4,2,3,4). The Hall–Kier alpha value is -0.640. The highest BCUT2D eigenvalue weighted by Crippen LogP contribution is 1.32. The highest BCUT2D eigenvalue weighted by Gasteiger charge is 1.60. The lowest BCUT2D eigenvalue weighted by atomic mass is 11.0. The molecule has 0 bridgehead atoms. The third-order valence-electron chi connectivity index (χ3n) is 0. The molecule has 0 aromatic carbocycles. The van der Waals surface area contributed by atoms with Gasteiger partial charge in [-0.1, -0.05) is 12.2 Å². The second-order valence-corrected chi connectivity index (χ2v) is 1.11. The lowest BCUT2D eigenvalue weighted by Gasteiger charge is -1.62. The number of nitrogens with two attached hydrogens (primary N) is 2. The van der Waals surface area contributed by atoms with Crippen molar-refractivity contribution in [2.75, 3.05) is 0 Å². The first-order valence-corrected chi connectivity index (χ1v) is 2.07. The van der Waals surface area contributed by atoms with Gasteiger partial charge >= 0.3 is 6.03 Å². The summed E-state index contributed by atoms with van der Waals surface area (Å²) in [6, 6.07) is -0.833. The summed E-state index contributed by atoms with van der Waals surface area (Å²) in [7, 11) is 0. The molecule has 0 aliphatic heterocycles. The van der Waals surface area contributed by atoms with Gasteiger partial charge in [0.25, 0.3) is 0 Å². The molecule has 42 valence electrons. The molecule has 0 saturated carbocycles. The van der Waals surface area contributed by atoms with Gasteiger partial charge in [-0.05, 0) is 12.3 Å². The van der Waals surface area contributed by atoms with E-state index in [1.165, 1.54) is 0 Å². The van der Waals surface area contributed by atoms with Crippen molar-refractivity contribution in [1.82, 2.24) is 0 Å². The minimum Gasteiger partial charge on any atom is -0.352 e. The van der Waals surface area contributed by atoms with Crippen LogP contribution in [-0.2, 0) is 0 Å². The van der Waals surface area contributed by atoms with E-state index in [2.05, 4.69) is 23.7 Å². The van der Waals surface area contributed by atoms with Crippen LogP contribution in [0, 0.1) is 0 Å². The molecule has 4 heteroatoms. The summed E-state index contributed by atoms with van der Waals surface area (Å²) in [6.07, 6.45) is 0. The average molecular weight is 120 g/mol. The molecule has 0 radical (unpaired) electrons. The SMILES string of the molecule is CC=S.NC(N)=O. The zero-order valence-electron chi connectivity index (χ0n) is 4.05. The highest BCUT2D eigenvalue weighted by atomic mass is 32.1. The number of urea groups is 1. The average Bonchev–Trinajstić information content (AvgIpc) is 1.33. The van der Waals surface area contributed by atoms with Gasteiger partial charge in [-0.3, -0.25) is 0 Å². The third kappa shape index (κ3) is 148. The largest absolute Gasteiger partial charge is 0.352 e. The zero-order chi connectivity index (χ0) is 6.28. The minimum atomic E-state index is -0.833. The molecule has 0 aromatic rings. The van der Waals surface area contributed by atoms with Gasteiger partial charge in [-0.25, -0.2) is 4.79 Å². The van der Waals surface area contributed by atoms with Crippen LogP contribution in [0.5, 0.6) is 0 Å². The smallest absolute Gasteiger partial charge is 0.309 e. The third-order valence-corrected chi connectivity index (χ3v) is 0. The molecule has 0 unspecified atom stereocenters. The number of carbonyl (C=O) groups excluding carboxylic acids is 1. The fourth-order valence-corrected chi connectivity index (χ4v) is 0. The van der Waals surface area contributed by atoms with Crippen LogP contribution < -0.4 is 11.5 Å². The predicted molar refractivity (Wildman–Crippen MR) is 33.1 cm³/mol. The van der Waals surface area contributed by atoms with Crippen LogP contribution in [0.2, 0.25) is 0 Å². The summed E-state index contributed by atoms with van der Waals surface area (Å²) >= 11 is 4.27. The first-order valence-electron chi connectivity index (χ1n) is 1.59. The summed E-state index contributed by atoms with van der Waals surface area (Å²) in [6.45, 7) is 1.81. The Morgan fingerprint density at radius 3 is 1.71 bits per heavy atom. The number of carbonyl (C=O) groups is 1. The van der Waals surface area contributed by atoms with Crippen molar-refractivity contribution in [2.24, 2.45) is 11.5 Å². The maximum atomic E-state index is 9.00. The Morgan fingerprint density at radius 1 is 1.71 bits per heavy atom. The van der Waals surface area contributed by atoms with Crippen molar-refractivity contribution in [2.45, 2.75) is 6.92 Å². The van der Waals surface area contributed by atoms with E-state index in [-0.39, 0.29) is 0 Å². The van der Waals surface area contributed by atoms with E-state index >= 15 is 0 Å². The summed E-state index contributed by atoms with van der Waals surface area (Å²) in [4.78, 5) is 9.00. The normalized spacial score (nSPS) is 5.29. The van der Waals surface area contributed by atoms with Gasteiger partial charge in [0, 0.05) is 0 Å². The number of hydrogen-bond donors (Lipinski definition) is 2. The molecule has 0 fully saturated rings. The van der Waals surface area contributed by atoms with Crippen molar-refractivity contribution in [3.63, 3.8) is 0 Å². The van der Waals surface area contributed by atoms with Gasteiger partial charge in [-0.2, -0.15) is 0 Å². The number of primary amides is 2. The lowest BCUT2D eigenvalue weighted by molar-refractivity contribution is 0.256. The Labute approximate surface area is 47.7 Å². The van der Waals surface area contributed by atoms with Crippen LogP contribution in [0.25, 0.3) is 0 Å². The first-order chi connectivity index (χ1) is 3.15. The Bertz CT molecular complexity index is 60.0. The molecule has 3 nitrogen and oxygen atoms in total. The fourth-order valence-electron chi connectivity index (χ4n) is 0. The lowest BCUT2D eigenvalue weighted by Crippen LogP contribution is -2.18. The van der Waals surface area contributed by atoms with Crippen molar-refractivity contribution in [3.05, 3.63) is 0 Å². The molecule has 0 atom stereocenters. The maximum absolute atomic E-state index is 9.00. The number of thiocarbonyl (C=S) groups is 1. The second-order valence-electron chi connectivity index (χ2n) is 0.638. The van der Waals surface area contributed by atoms with Gasteiger partial charge < -0.3 is 11.5 Å². The van der Waals surface area contributed by atoms with Crippen molar-refractivity contribution >= 4 is 23.6 Å². The Balaban J connectivity index is 0. The van der Waals surface area contributed by atoms with E-state index in [1.54, 1.807) is 5.37 Å². The van der Waals surface area contributed by atoms with E-state index in [1.807, 2.05) is 6.92 Å². The van der Waals surface area contributed by atoms with Gasteiger partial charge in [0.2, 0.25) is 0 Å². The second kappa shape index (κ2) is 9.03. The molecule has 7 heavy (non-hydrogen) atoms. The minimum absolute atomic E-state index is 0.833. The van der Waals surface area contributed by atoms with Crippen LogP contribution >= 0.6 is 12.2 Å². The molecule has 2 amide bonds. The molecule has 4 N–H and O–H groups in total. The van der Waals surface area contributed by atoms with Crippen molar-refractivity contribution < 1.29 is 4.79 Å². The van der Waals surface area contributed by atoms with Crippen LogP contribution in [0.15, 0.2) is 0 Å². The van der Waals surface area contributed by atoms with Crippen LogP contribution in [-0.4, -0.2) is 11.4 Å². The molecule has 0 spiro atoms. The number of hydrogen-bond acceptors (Lipinski definition) is 2. The van der Waals surface area contributed by atoms with E-state index in [0.717, 1.165) is 0 Å². The summed E-state index contributed by atoms with van der Waals surface area (Å²) < 4.78 is 0. The number of rotatable bonds is 0. The van der Waals surface area contributed by atoms with Crippen molar-refractivity contribution in [3.8, 4) is 0 Å². The molecule has 0 saturated heterocycles. The van der Waals surface area contributed by atoms with Gasteiger partial charge in [0.1, 0.15) is 0 Å². The van der Waals surface area contributed by atoms with E-state index < -0.39 is 6.03 Å². The molecule has 0 heterocycles. The summed E-state index contributed by atoms with van der Waals surface area (Å²) in [5.41, 5.74) is 8.50. The molecule has 0 aliphatic rings. The first kappa shape index (κ1) is 9.61. The maximum Gasteiger partial charge on any atom is 0.309 e. The van der Waals surface area contributed by atoms with Gasteiger partial charge in [0.15, 0.2) is 0 Å². The van der Waals surface area contributed by atoms with Gasteiger partial charge in [0.05, 0.1) is 0 Å². The zero-order valence-corrected chi connectivity index (χ0v) is 4.87. The highest BCUT2D eigenvalue weighted by molar-refractivity contribution is 7.78. The van der Waals surface area contributed by atoms with Crippen LogP contribution in [0.1, 0.15) is 6.92 Å². The molecule has 0 rings (SSSR count).